The molecule has 0 aromatic rings. The number of likely N-dealkylation sites (tertiary alicyclic amines) is 1. The minimum absolute atomic E-state index is 0.201. The largest absolute Gasteiger partial charge is 0.480 e. The van der Waals surface area contributed by atoms with Crippen LogP contribution < -0.4 is 5.32 Å². The Hall–Kier alpha value is -1.26. The van der Waals surface area contributed by atoms with Gasteiger partial charge in [0.1, 0.15) is 6.04 Å². The number of carbonyl (C=O) groups excluding carboxylic acids is 1. The number of carbonyl (C=O) groups is 2. The van der Waals surface area contributed by atoms with Gasteiger partial charge in [-0.05, 0) is 38.5 Å². The average molecular weight is 256 g/mol. The van der Waals surface area contributed by atoms with Crippen molar-refractivity contribution < 1.29 is 14.7 Å². The van der Waals surface area contributed by atoms with E-state index in [9.17, 15) is 9.59 Å². The first kappa shape index (κ1) is 14.8. The third-order valence-electron chi connectivity index (χ3n) is 3.37. The highest BCUT2D eigenvalue weighted by Gasteiger charge is 2.27. The van der Waals surface area contributed by atoms with Gasteiger partial charge in [-0.1, -0.05) is 13.8 Å². The summed E-state index contributed by atoms with van der Waals surface area (Å²) in [5.74, 6) is -0.716. The van der Waals surface area contributed by atoms with Crippen molar-refractivity contribution in [1.82, 2.24) is 10.2 Å². The van der Waals surface area contributed by atoms with Crippen LogP contribution in [0.2, 0.25) is 0 Å². The molecule has 0 saturated carbocycles. The SMILES string of the molecule is CC(C)CC(NC(=O)N1CCCCC1C)C(=O)O. The van der Waals surface area contributed by atoms with Gasteiger partial charge in [-0.25, -0.2) is 9.59 Å². The van der Waals surface area contributed by atoms with E-state index in [1.807, 2.05) is 20.8 Å². The van der Waals surface area contributed by atoms with Crippen molar-refractivity contribution in [2.75, 3.05) is 6.54 Å². The van der Waals surface area contributed by atoms with Gasteiger partial charge in [-0.15, -0.1) is 0 Å². The van der Waals surface area contributed by atoms with Crippen LogP contribution in [0.1, 0.15) is 46.5 Å². The zero-order chi connectivity index (χ0) is 13.7. The van der Waals surface area contributed by atoms with Gasteiger partial charge < -0.3 is 15.3 Å². The molecule has 0 spiro atoms. The summed E-state index contributed by atoms with van der Waals surface area (Å²) >= 11 is 0. The smallest absolute Gasteiger partial charge is 0.326 e. The molecule has 1 heterocycles. The van der Waals surface area contributed by atoms with E-state index >= 15 is 0 Å². The summed E-state index contributed by atoms with van der Waals surface area (Å²) in [7, 11) is 0. The number of amides is 2. The highest BCUT2D eigenvalue weighted by Crippen LogP contribution is 2.16. The number of carboxylic acids is 1. The lowest BCUT2D eigenvalue weighted by Crippen LogP contribution is -2.52. The quantitative estimate of drug-likeness (QED) is 0.809. The highest BCUT2D eigenvalue weighted by molar-refractivity contribution is 5.82. The number of nitrogens with zero attached hydrogens (tertiary/aromatic N) is 1. The van der Waals surface area contributed by atoms with E-state index in [4.69, 9.17) is 5.11 Å². The lowest BCUT2D eigenvalue weighted by atomic mass is 10.0. The molecule has 0 aliphatic carbocycles. The molecule has 0 bridgehead atoms. The van der Waals surface area contributed by atoms with E-state index in [1.165, 1.54) is 0 Å². The molecule has 2 N–H and O–H groups in total. The second-order valence-electron chi connectivity index (χ2n) is 5.51. The van der Waals surface area contributed by atoms with Gasteiger partial charge in [-0.3, -0.25) is 0 Å². The van der Waals surface area contributed by atoms with E-state index in [0.717, 1.165) is 25.8 Å². The maximum atomic E-state index is 12.1. The van der Waals surface area contributed by atoms with Crippen LogP contribution in [-0.2, 0) is 4.79 Å². The number of hydrogen-bond acceptors (Lipinski definition) is 2. The van der Waals surface area contributed by atoms with Gasteiger partial charge in [0, 0.05) is 12.6 Å². The molecule has 1 saturated heterocycles. The molecule has 2 unspecified atom stereocenters. The lowest BCUT2D eigenvalue weighted by Gasteiger charge is -2.34. The fourth-order valence-electron chi connectivity index (χ4n) is 2.32. The molecule has 0 radical (unpaired) electrons. The minimum Gasteiger partial charge on any atom is -0.480 e. The summed E-state index contributed by atoms with van der Waals surface area (Å²) < 4.78 is 0. The highest BCUT2D eigenvalue weighted by atomic mass is 16.4. The predicted molar refractivity (Wildman–Crippen MR) is 69.4 cm³/mol. The van der Waals surface area contributed by atoms with E-state index in [-0.39, 0.29) is 18.0 Å². The zero-order valence-electron chi connectivity index (χ0n) is 11.5. The van der Waals surface area contributed by atoms with Gasteiger partial charge in [0.15, 0.2) is 0 Å². The summed E-state index contributed by atoms with van der Waals surface area (Å²) in [5.41, 5.74) is 0. The lowest BCUT2D eigenvalue weighted by molar-refractivity contribution is -0.139. The molecule has 5 heteroatoms. The number of urea groups is 1. The van der Waals surface area contributed by atoms with Crippen LogP contribution in [0.4, 0.5) is 4.79 Å². The molecular weight excluding hydrogens is 232 g/mol. The van der Waals surface area contributed by atoms with Crippen LogP contribution in [0, 0.1) is 5.92 Å². The molecule has 0 aromatic carbocycles. The van der Waals surface area contributed by atoms with Gasteiger partial charge in [0.25, 0.3) is 0 Å². The molecule has 1 aliphatic heterocycles. The molecule has 1 rings (SSSR count). The van der Waals surface area contributed by atoms with Crippen LogP contribution in [0.5, 0.6) is 0 Å². The van der Waals surface area contributed by atoms with Crippen molar-refractivity contribution >= 4 is 12.0 Å². The first-order chi connectivity index (χ1) is 8.41. The Kier molecular flexibility index (Phi) is 5.44. The van der Waals surface area contributed by atoms with Crippen molar-refractivity contribution in [3.63, 3.8) is 0 Å². The van der Waals surface area contributed by atoms with E-state index in [0.29, 0.717) is 6.42 Å². The predicted octanol–water partition coefficient (Wildman–Crippen LogP) is 2.07. The second kappa shape index (κ2) is 6.61. The zero-order valence-corrected chi connectivity index (χ0v) is 11.5. The van der Waals surface area contributed by atoms with E-state index in [1.54, 1.807) is 4.90 Å². The number of aliphatic carboxylic acids is 1. The Morgan fingerprint density at radius 1 is 1.39 bits per heavy atom. The Bertz CT molecular complexity index is 305. The molecule has 0 aromatic heterocycles. The molecular formula is C13H24N2O3. The third-order valence-corrected chi connectivity index (χ3v) is 3.37. The molecule has 2 amide bonds. The topological polar surface area (TPSA) is 69.6 Å². The summed E-state index contributed by atoms with van der Waals surface area (Å²) in [5, 5.41) is 11.7. The van der Waals surface area contributed by atoms with Crippen molar-refractivity contribution in [2.45, 2.75) is 58.5 Å². The number of hydrogen-bond donors (Lipinski definition) is 2. The fraction of sp³-hybridized carbons (Fsp3) is 0.846. The van der Waals surface area contributed by atoms with Crippen molar-refractivity contribution in [2.24, 2.45) is 5.92 Å². The van der Waals surface area contributed by atoms with Crippen molar-refractivity contribution in [1.29, 1.82) is 0 Å². The van der Waals surface area contributed by atoms with Crippen molar-refractivity contribution in [3.05, 3.63) is 0 Å². The first-order valence-electron chi connectivity index (χ1n) is 6.71. The van der Waals surface area contributed by atoms with Crippen molar-refractivity contribution in [3.8, 4) is 0 Å². The van der Waals surface area contributed by atoms with Crippen LogP contribution in [0.15, 0.2) is 0 Å². The maximum absolute atomic E-state index is 12.1. The Morgan fingerprint density at radius 2 is 2.06 bits per heavy atom. The summed E-state index contributed by atoms with van der Waals surface area (Å²) in [4.78, 5) is 24.9. The van der Waals surface area contributed by atoms with E-state index < -0.39 is 12.0 Å². The van der Waals surface area contributed by atoms with Crippen LogP contribution in [0.25, 0.3) is 0 Å². The number of rotatable bonds is 4. The maximum Gasteiger partial charge on any atom is 0.326 e. The molecule has 18 heavy (non-hydrogen) atoms. The summed E-state index contributed by atoms with van der Waals surface area (Å²) in [6.45, 7) is 6.63. The Balaban J connectivity index is 2.57. The van der Waals surface area contributed by atoms with Crippen LogP contribution >= 0.6 is 0 Å². The van der Waals surface area contributed by atoms with Crippen LogP contribution in [-0.4, -0.2) is 40.6 Å². The van der Waals surface area contributed by atoms with E-state index in [2.05, 4.69) is 5.32 Å². The third kappa shape index (κ3) is 4.20. The second-order valence-corrected chi connectivity index (χ2v) is 5.51. The normalized spacial score (nSPS) is 21.8. The van der Waals surface area contributed by atoms with Gasteiger partial charge in [-0.2, -0.15) is 0 Å². The molecule has 5 nitrogen and oxygen atoms in total. The molecule has 1 aliphatic rings. The summed E-state index contributed by atoms with van der Waals surface area (Å²) in [6.07, 6.45) is 3.59. The number of nitrogens with one attached hydrogen (secondary N) is 1. The first-order valence-corrected chi connectivity index (χ1v) is 6.71. The molecule has 1 fully saturated rings. The monoisotopic (exact) mass is 256 g/mol. The standard InChI is InChI=1S/C13H24N2O3/c1-9(2)8-11(12(16)17)14-13(18)15-7-5-4-6-10(15)3/h9-11H,4-8H2,1-3H3,(H,14,18)(H,16,17). The average Bonchev–Trinajstić information content (AvgIpc) is 2.27. The number of carboxylic acid groups (broad SMARTS) is 1. The Labute approximate surface area is 109 Å². The molecule has 2 atom stereocenters. The molecule has 104 valence electrons. The van der Waals surface area contributed by atoms with Crippen LogP contribution in [0.3, 0.4) is 0 Å². The summed E-state index contributed by atoms with van der Waals surface area (Å²) in [6, 6.07) is -0.825. The van der Waals surface area contributed by atoms with Gasteiger partial charge >= 0.3 is 12.0 Å². The fourth-order valence-corrected chi connectivity index (χ4v) is 2.32. The minimum atomic E-state index is -0.957. The van der Waals surface area contributed by atoms with Gasteiger partial charge in [0.2, 0.25) is 0 Å². The Morgan fingerprint density at radius 3 is 2.56 bits per heavy atom. The van der Waals surface area contributed by atoms with Gasteiger partial charge in [0.05, 0.1) is 0 Å². The number of piperidine rings is 1.